The average Bonchev–Trinajstić information content (AvgIpc) is 3.22. The number of carboxylic acid groups (broad SMARTS) is 1. The standard InChI is InChI=1S/C18H25NO2/c1-18(2)10-9-16(14-5-3-4-6-15(14)18)19(12-17(20)21)11-13-7-8-13/h3-6,13,16H,7-12H2,1-2H3,(H,20,21). The van der Waals surface area contributed by atoms with Gasteiger partial charge in [-0.15, -0.1) is 0 Å². The Kier molecular flexibility index (Phi) is 3.78. The Morgan fingerprint density at radius 2 is 2.00 bits per heavy atom. The maximum absolute atomic E-state index is 11.3. The lowest BCUT2D eigenvalue weighted by Crippen LogP contribution is -2.39. The lowest BCUT2D eigenvalue weighted by molar-refractivity contribution is -0.139. The van der Waals surface area contributed by atoms with Gasteiger partial charge in [0, 0.05) is 12.6 Å². The lowest BCUT2D eigenvalue weighted by atomic mass is 9.70. The molecule has 0 spiro atoms. The summed E-state index contributed by atoms with van der Waals surface area (Å²) in [5.41, 5.74) is 2.93. The summed E-state index contributed by atoms with van der Waals surface area (Å²) in [5, 5.41) is 9.26. The molecule has 0 aliphatic heterocycles. The molecular formula is C18H25NO2. The van der Waals surface area contributed by atoms with Crippen LogP contribution in [0.3, 0.4) is 0 Å². The third kappa shape index (κ3) is 3.13. The van der Waals surface area contributed by atoms with Crippen molar-refractivity contribution in [3.05, 3.63) is 35.4 Å². The van der Waals surface area contributed by atoms with Crippen LogP contribution in [0.4, 0.5) is 0 Å². The van der Waals surface area contributed by atoms with E-state index in [0.29, 0.717) is 5.92 Å². The number of fused-ring (bicyclic) bond motifs is 1. The number of hydrogen-bond donors (Lipinski definition) is 1. The van der Waals surface area contributed by atoms with E-state index >= 15 is 0 Å². The number of hydrogen-bond acceptors (Lipinski definition) is 2. The zero-order valence-electron chi connectivity index (χ0n) is 13.0. The zero-order valence-corrected chi connectivity index (χ0v) is 13.0. The second kappa shape index (κ2) is 5.45. The Hall–Kier alpha value is -1.35. The van der Waals surface area contributed by atoms with Gasteiger partial charge >= 0.3 is 5.97 Å². The highest BCUT2D eigenvalue weighted by atomic mass is 16.4. The number of benzene rings is 1. The highest BCUT2D eigenvalue weighted by molar-refractivity contribution is 5.69. The minimum absolute atomic E-state index is 0.163. The quantitative estimate of drug-likeness (QED) is 0.899. The molecule has 0 heterocycles. The summed E-state index contributed by atoms with van der Waals surface area (Å²) in [4.78, 5) is 13.5. The van der Waals surface area contributed by atoms with Gasteiger partial charge < -0.3 is 5.11 Å². The van der Waals surface area contributed by atoms with Gasteiger partial charge in [0.25, 0.3) is 0 Å². The molecule has 1 saturated carbocycles. The largest absolute Gasteiger partial charge is 0.480 e. The normalized spacial score (nSPS) is 23.9. The van der Waals surface area contributed by atoms with Crippen LogP contribution >= 0.6 is 0 Å². The van der Waals surface area contributed by atoms with E-state index in [-0.39, 0.29) is 18.0 Å². The fourth-order valence-corrected chi connectivity index (χ4v) is 3.68. The topological polar surface area (TPSA) is 40.5 Å². The Balaban J connectivity index is 1.90. The van der Waals surface area contributed by atoms with E-state index < -0.39 is 5.97 Å². The van der Waals surface area contributed by atoms with Crippen molar-refractivity contribution in [1.82, 2.24) is 4.90 Å². The second-order valence-electron chi connectivity index (χ2n) is 7.29. The van der Waals surface area contributed by atoms with Gasteiger partial charge in [-0.25, -0.2) is 0 Å². The summed E-state index contributed by atoms with van der Waals surface area (Å²) in [6, 6.07) is 8.88. The van der Waals surface area contributed by atoms with Crippen molar-refractivity contribution >= 4 is 5.97 Å². The van der Waals surface area contributed by atoms with E-state index in [4.69, 9.17) is 0 Å². The molecule has 1 aromatic carbocycles. The predicted octanol–water partition coefficient (Wildman–Crippen LogP) is 3.60. The molecule has 0 amide bonds. The summed E-state index contributed by atoms with van der Waals surface area (Å²) < 4.78 is 0. The zero-order chi connectivity index (χ0) is 15.0. The van der Waals surface area contributed by atoms with Crippen LogP contribution < -0.4 is 0 Å². The lowest BCUT2D eigenvalue weighted by Gasteiger charge is -2.41. The van der Waals surface area contributed by atoms with E-state index in [2.05, 4.69) is 43.0 Å². The van der Waals surface area contributed by atoms with E-state index in [1.807, 2.05) is 0 Å². The first-order valence-electron chi connectivity index (χ1n) is 8.02. The number of aliphatic carboxylic acids is 1. The van der Waals surface area contributed by atoms with Crippen molar-refractivity contribution < 1.29 is 9.90 Å². The summed E-state index contributed by atoms with van der Waals surface area (Å²) in [6.45, 7) is 5.69. The summed E-state index contributed by atoms with van der Waals surface area (Å²) >= 11 is 0. The van der Waals surface area contributed by atoms with Gasteiger partial charge in [-0.3, -0.25) is 9.69 Å². The third-order valence-corrected chi connectivity index (χ3v) is 5.06. The number of carboxylic acids is 1. The number of nitrogens with zero attached hydrogens (tertiary/aromatic N) is 1. The Bertz CT molecular complexity index is 534. The third-order valence-electron chi connectivity index (χ3n) is 5.06. The molecule has 0 bridgehead atoms. The van der Waals surface area contributed by atoms with Crippen molar-refractivity contribution in [2.45, 2.75) is 51.0 Å². The Labute approximate surface area is 127 Å². The average molecular weight is 287 g/mol. The van der Waals surface area contributed by atoms with E-state index in [1.54, 1.807) is 0 Å². The Morgan fingerprint density at radius 1 is 1.29 bits per heavy atom. The van der Waals surface area contributed by atoms with Gasteiger partial charge in [0.15, 0.2) is 0 Å². The maximum atomic E-state index is 11.3. The SMILES string of the molecule is CC1(C)CCC(N(CC(=O)O)CC2CC2)c2ccccc21. The van der Waals surface area contributed by atoms with E-state index in [0.717, 1.165) is 19.4 Å². The van der Waals surface area contributed by atoms with Crippen molar-refractivity contribution in [3.8, 4) is 0 Å². The first-order valence-corrected chi connectivity index (χ1v) is 8.02. The molecule has 3 heteroatoms. The molecule has 1 atom stereocenters. The predicted molar refractivity (Wildman–Crippen MR) is 83.4 cm³/mol. The van der Waals surface area contributed by atoms with Crippen molar-refractivity contribution in [2.24, 2.45) is 5.92 Å². The van der Waals surface area contributed by atoms with Gasteiger partial charge in [-0.1, -0.05) is 38.1 Å². The molecule has 1 unspecified atom stereocenters. The number of carbonyl (C=O) groups is 1. The minimum Gasteiger partial charge on any atom is -0.480 e. The first kappa shape index (κ1) is 14.6. The van der Waals surface area contributed by atoms with Crippen molar-refractivity contribution in [1.29, 1.82) is 0 Å². The Morgan fingerprint density at radius 3 is 2.67 bits per heavy atom. The van der Waals surface area contributed by atoms with Gasteiger partial charge in [0.1, 0.15) is 0 Å². The van der Waals surface area contributed by atoms with Crippen LogP contribution in [-0.4, -0.2) is 29.1 Å². The molecule has 0 aromatic heterocycles. The molecule has 0 radical (unpaired) electrons. The smallest absolute Gasteiger partial charge is 0.317 e. The summed E-state index contributed by atoms with van der Waals surface area (Å²) in [7, 11) is 0. The van der Waals surface area contributed by atoms with Crippen LogP contribution in [-0.2, 0) is 10.2 Å². The molecule has 114 valence electrons. The van der Waals surface area contributed by atoms with Gasteiger partial charge in [-0.2, -0.15) is 0 Å². The molecule has 3 nitrogen and oxygen atoms in total. The highest BCUT2D eigenvalue weighted by Crippen LogP contribution is 2.44. The van der Waals surface area contributed by atoms with Gasteiger partial charge in [-0.05, 0) is 48.1 Å². The molecule has 2 aliphatic carbocycles. The fourth-order valence-electron chi connectivity index (χ4n) is 3.68. The minimum atomic E-state index is -0.710. The van der Waals surface area contributed by atoms with Crippen LogP contribution in [0.1, 0.15) is 56.7 Å². The van der Waals surface area contributed by atoms with Crippen LogP contribution in [0.25, 0.3) is 0 Å². The molecule has 0 saturated heterocycles. The first-order chi connectivity index (χ1) is 9.97. The highest BCUT2D eigenvalue weighted by Gasteiger charge is 2.37. The monoisotopic (exact) mass is 287 g/mol. The summed E-state index contributed by atoms with van der Waals surface area (Å²) in [6.07, 6.45) is 4.70. The molecular weight excluding hydrogens is 262 g/mol. The van der Waals surface area contributed by atoms with Crippen LogP contribution in [0.5, 0.6) is 0 Å². The van der Waals surface area contributed by atoms with Crippen LogP contribution in [0, 0.1) is 5.92 Å². The van der Waals surface area contributed by atoms with Crippen molar-refractivity contribution in [2.75, 3.05) is 13.1 Å². The van der Waals surface area contributed by atoms with Crippen LogP contribution in [0.2, 0.25) is 0 Å². The molecule has 3 rings (SSSR count). The van der Waals surface area contributed by atoms with E-state index in [9.17, 15) is 9.90 Å². The van der Waals surface area contributed by atoms with Crippen molar-refractivity contribution in [3.63, 3.8) is 0 Å². The fraction of sp³-hybridized carbons (Fsp3) is 0.611. The molecule has 1 N–H and O–H groups in total. The number of rotatable bonds is 5. The van der Waals surface area contributed by atoms with Crippen LogP contribution in [0.15, 0.2) is 24.3 Å². The van der Waals surface area contributed by atoms with Gasteiger partial charge in [0.2, 0.25) is 0 Å². The maximum Gasteiger partial charge on any atom is 0.317 e. The molecule has 21 heavy (non-hydrogen) atoms. The molecule has 1 aromatic rings. The summed E-state index contributed by atoms with van der Waals surface area (Å²) in [5.74, 6) is 0.00409. The van der Waals surface area contributed by atoms with E-state index in [1.165, 1.54) is 24.0 Å². The molecule has 1 fully saturated rings. The van der Waals surface area contributed by atoms with Gasteiger partial charge in [0.05, 0.1) is 6.54 Å². The molecule has 2 aliphatic rings. The second-order valence-corrected chi connectivity index (χ2v) is 7.29.